The molecular weight excluding hydrogens is 409 g/mol. The molecule has 30 heavy (non-hydrogen) atoms. The second kappa shape index (κ2) is 6.87. The second-order valence-corrected chi connectivity index (χ2v) is 11.3. The summed E-state index contributed by atoms with van der Waals surface area (Å²) in [7, 11) is -3.42. The summed E-state index contributed by atoms with van der Waals surface area (Å²) in [5.41, 5.74) is 0.681. The van der Waals surface area contributed by atoms with Gasteiger partial charge in [-0.15, -0.1) is 0 Å². The molecule has 1 atom stereocenters. The quantitative estimate of drug-likeness (QED) is 0.739. The van der Waals surface area contributed by atoms with E-state index in [0.717, 1.165) is 25.7 Å². The molecule has 1 unspecified atom stereocenters. The van der Waals surface area contributed by atoms with E-state index in [-0.39, 0.29) is 36.2 Å². The van der Waals surface area contributed by atoms with Gasteiger partial charge in [0.25, 0.3) is 5.91 Å². The van der Waals surface area contributed by atoms with Crippen molar-refractivity contribution in [3.8, 4) is 0 Å². The maximum absolute atomic E-state index is 13.9. The average molecular weight is 434 g/mol. The fourth-order valence-corrected chi connectivity index (χ4v) is 7.42. The number of halogens is 1. The van der Waals surface area contributed by atoms with Gasteiger partial charge in [-0.05, 0) is 43.9 Å². The van der Waals surface area contributed by atoms with Gasteiger partial charge in [0.1, 0.15) is 10.6 Å². The summed E-state index contributed by atoms with van der Waals surface area (Å²) in [6.07, 6.45) is 4.76. The highest BCUT2D eigenvalue weighted by molar-refractivity contribution is 7.93. The van der Waals surface area contributed by atoms with E-state index in [4.69, 9.17) is 4.52 Å². The van der Waals surface area contributed by atoms with Gasteiger partial charge in [0.05, 0.1) is 11.7 Å². The van der Waals surface area contributed by atoms with Gasteiger partial charge in [-0.2, -0.15) is 4.98 Å². The number of carbonyl (C=O) groups is 1. The van der Waals surface area contributed by atoms with Crippen molar-refractivity contribution in [1.29, 1.82) is 0 Å². The van der Waals surface area contributed by atoms with Gasteiger partial charge in [-0.1, -0.05) is 24.1 Å². The van der Waals surface area contributed by atoms with Crippen molar-refractivity contribution in [2.24, 2.45) is 0 Å². The maximum Gasteiger partial charge on any atom is 0.254 e. The van der Waals surface area contributed by atoms with Gasteiger partial charge >= 0.3 is 0 Å². The number of hydrogen-bond acceptors (Lipinski definition) is 6. The van der Waals surface area contributed by atoms with Crippen molar-refractivity contribution in [1.82, 2.24) is 15.0 Å². The lowest BCUT2D eigenvalue weighted by atomic mass is 9.82. The number of nitrogens with zero attached hydrogens (tertiary/aromatic N) is 3. The minimum absolute atomic E-state index is 0.0417. The molecule has 0 N–H and O–H groups in total. The van der Waals surface area contributed by atoms with Crippen LogP contribution in [0, 0.1) is 12.7 Å². The normalized spacial score (nSPS) is 25.0. The number of aryl methyl sites for hydroxylation is 1. The Balaban J connectivity index is 1.38. The van der Waals surface area contributed by atoms with Gasteiger partial charge < -0.3 is 9.42 Å². The molecule has 2 saturated heterocycles. The minimum atomic E-state index is -3.42. The van der Waals surface area contributed by atoms with Crippen molar-refractivity contribution in [2.75, 3.05) is 18.8 Å². The Hall–Kier alpha value is -2.29. The highest BCUT2D eigenvalue weighted by Crippen LogP contribution is 2.50. The topological polar surface area (TPSA) is 93.4 Å². The highest BCUT2D eigenvalue weighted by Gasteiger charge is 2.64. The molecule has 1 spiro atoms. The molecule has 9 heteroatoms. The van der Waals surface area contributed by atoms with E-state index in [1.54, 1.807) is 19.1 Å². The van der Waals surface area contributed by atoms with Crippen molar-refractivity contribution < 1.29 is 22.1 Å². The number of benzene rings is 1. The molecule has 1 amide bonds. The molecule has 1 aromatic carbocycles. The van der Waals surface area contributed by atoms with Crippen LogP contribution in [0.1, 0.15) is 71.6 Å². The number of hydrogen-bond donors (Lipinski definition) is 0. The predicted octanol–water partition coefficient (Wildman–Crippen LogP) is 2.97. The first-order valence-electron chi connectivity index (χ1n) is 10.4. The lowest BCUT2D eigenvalue weighted by molar-refractivity contribution is 0.0503. The maximum atomic E-state index is 13.9. The van der Waals surface area contributed by atoms with Crippen LogP contribution < -0.4 is 0 Å². The molecule has 1 aliphatic carbocycles. The zero-order valence-electron chi connectivity index (χ0n) is 16.8. The van der Waals surface area contributed by atoms with E-state index in [9.17, 15) is 17.6 Å². The molecule has 2 aliphatic heterocycles. The standard InChI is InChI=1S/C21H24FN3O4S/c1-13-6-7-15(10-17(13)22)20(26)25-11-21(12-25)16(8-9-30(21,27)28)19-23-18(24-29-19)14-4-2-3-5-14/h6-7,10,14,16H,2-5,8-9,11-12H2,1H3. The average Bonchev–Trinajstić information content (AvgIpc) is 3.40. The number of aromatic nitrogens is 2. The van der Waals surface area contributed by atoms with Crippen LogP contribution in [0.5, 0.6) is 0 Å². The first-order chi connectivity index (χ1) is 14.3. The Kier molecular flexibility index (Phi) is 4.50. The van der Waals surface area contributed by atoms with Crippen LogP contribution in [0.4, 0.5) is 4.39 Å². The third-order valence-corrected chi connectivity index (χ3v) is 9.58. The molecule has 2 aromatic rings. The number of amides is 1. The second-order valence-electron chi connectivity index (χ2n) is 8.82. The lowest BCUT2D eigenvalue weighted by Crippen LogP contribution is -2.67. The Morgan fingerprint density at radius 1 is 1.23 bits per heavy atom. The van der Waals surface area contributed by atoms with Crippen molar-refractivity contribution in [3.63, 3.8) is 0 Å². The van der Waals surface area contributed by atoms with Crippen molar-refractivity contribution in [2.45, 2.75) is 55.6 Å². The molecule has 0 bridgehead atoms. The van der Waals surface area contributed by atoms with Crippen LogP contribution in [0.25, 0.3) is 0 Å². The first-order valence-corrected chi connectivity index (χ1v) is 12.1. The van der Waals surface area contributed by atoms with E-state index in [1.165, 1.54) is 11.0 Å². The predicted molar refractivity (Wildman–Crippen MR) is 106 cm³/mol. The summed E-state index contributed by atoms with van der Waals surface area (Å²) in [5, 5.41) is 4.13. The summed E-state index contributed by atoms with van der Waals surface area (Å²) < 4.78 is 44.1. The number of likely N-dealkylation sites (tertiary alicyclic amines) is 1. The van der Waals surface area contributed by atoms with Gasteiger partial charge in [-0.25, -0.2) is 12.8 Å². The highest BCUT2D eigenvalue weighted by atomic mass is 32.2. The number of carbonyl (C=O) groups excluding carboxylic acids is 1. The Labute approximate surface area is 174 Å². The Bertz CT molecular complexity index is 1100. The third-order valence-electron chi connectivity index (χ3n) is 7.03. The first kappa shape index (κ1) is 19.7. The molecule has 7 nitrogen and oxygen atoms in total. The van der Waals surface area contributed by atoms with Gasteiger partial charge in [0.15, 0.2) is 15.7 Å². The molecule has 3 fully saturated rings. The summed E-state index contributed by atoms with van der Waals surface area (Å²) in [6.45, 7) is 1.76. The summed E-state index contributed by atoms with van der Waals surface area (Å²) >= 11 is 0. The zero-order valence-corrected chi connectivity index (χ0v) is 17.6. The van der Waals surface area contributed by atoms with E-state index in [1.807, 2.05) is 0 Å². The largest absolute Gasteiger partial charge is 0.339 e. The molecule has 5 rings (SSSR count). The van der Waals surface area contributed by atoms with Crippen LogP contribution in [0.3, 0.4) is 0 Å². The Morgan fingerprint density at radius 3 is 2.67 bits per heavy atom. The van der Waals surface area contributed by atoms with Crippen molar-refractivity contribution >= 4 is 15.7 Å². The monoisotopic (exact) mass is 433 g/mol. The Morgan fingerprint density at radius 2 is 1.97 bits per heavy atom. The third kappa shape index (κ3) is 2.89. The van der Waals surface area contributed by atoms with Crippen molar-refractivity contribution in [3.05, 3.63) is 46.9 Å². The number of rotatable bonds is 3. The summed E-state index contributed by atoms with van der Waals surface area (Å²) in [4.78, 5) is 18.8. The fourth-order valence-electron chi connectivity index (χ4n) is 5.11. The van der Waals surface area contributed by atoms with E-state index < -0.39 is 26.3 Å². The van der Waals surface area contributed by atoms with Gasteiger partial charge in [0, 0.05) is 24.6 Å². The summed E-state index contributed by atoms with van der Waals surface area (Å²) in [5.74, 6) is 0.136. The zero-order chi connectivity index (χ0) is 21.1. The molecule has 160 valence electrons. The van der Waals surface area contributed by atoms with E-state index >= 15 is 0 Å². The van der Waals surface area contributed by atoms with E-state index in [2.05, 4.69) is 10.1 Å². The van der Waals surface area contributed by atoms with E-state index in [0.29, 0.717) is 23.7 Å². The molecule has 3 heterocycles. The SMILES string of the molecule is Cc1ccc(C(=O)N2CC3(C2)C(c2nc(C4CCCC4)no2)CCS3(=O)=O)cc1F. The molecular formula is C21H24FN3O4S. The van der Waals surface area contributed by atoms with Crippen LogP contribution in [0.15, 0.2) is 22.7 Å². The molecule has 3 aliphatic rings. The lowest BCUT2D eigenvalue weighted by Gasteiger charge is -2.49. The van der Waals surface area contributed by atoms with Crippen LogP contribution in [-0.4, -0.2) is 53.0 Å². The molecule has 0 radical (unpaired) electrons. The molecule has 1 saturated carbocycles. The van der Waals surface area contributed by atoms with Crippen LogP contribution >= 0.6 is 0 Å². The molecule has 1 aromatic heterocycles. The summed E-state index contributed by atoms with van der Waals surface area (Å²) in [6, 6.07) is 4.32. The van der Waals surface area contributed by atoms with Crippen LogP contribution in [-0.2, 0) is 9.84 Å². The minimum Gasteiger partial charge on any atom is -0.339 e. The van der Waals surface area contributed by atoms with Gasteiger partial charge in [-0.3, -0.25) is 4.79 Å². The fraction of sp³-hybridized carbons (Fsp3) is 0.571. The van der Waals surface area contributed by atoms with Crippen LogP contribution in [0.2, 0.25) is 0 Å². The smallest absolute Gasteiger partial charge is 0.254 e. The number of sulfone groups is 1. The van der Waals surface area contributed by atoms with Gasteiger partial charge in [0.2, 0.25) is 5.89 Å².